The minimum absolute atomic E-state index is 0.0282. The highest BCUT2D eigenvalue weighted by molar-refractivity contribution is 5.81. The highest BCUT2D eigenvalue weighted by Crippen LogP contribution is 2.19. The van der Waals surface area contributed by atoms with E-state index < -0.39 is 36.3 Å². The Bertz CT molecular complexity index is 1490. The van der Waals surface area contributed by atoms with Gasteiger partial charge in [-0.25, -0.2) is 19.2 Å². The number of amides is 2. The molecule has 0 saturated heterocycles. The lowest BCUT2D eigenvalue weighted by atomic mass is 10.3. The van der Waals surface area contributed by atoms with Crippen molar-refractivity contribution in [3.05, 3.63) is 110 Å². The Morgan fingerprint density at radius 3 is 1.32 bits per heavy atom. The SMILES string of the molecule is C=CC(=O)OCCNC(=O)OC(COCCOc1cccc(OCCOCC(COc2ccccc2)OC(=O)NCCOC(=O)C=C)c1)COc1ccccc1. The molecular weight excluding hydrogens is 732 g/mol. The smallest absolute Gasteiger partial charge is 0.407 e. The lowest BCUT2D eigenvalue weighted by molar-refractivity contribution is -0.138. The third kappa shape index (κ3) is 20.3. The van der Waals surface area contributed by atoms with E-state index in [4.69, 9.17) is 47.4 Å². The van der Waals surface area contributed by atoms with Crippen LogP contribution >= 0.6 is 0 Å². The fourth-order valence-corrected chi connectivity index (χ4v) is 4.28. The number of para-hydroxylation sites is 2. The van der Waals surface area contributed by atoms with E-state index in [0.29, 0.717) is 23.0 Å². The summed E-state index contributed by atoms with van der Waals surface area (Å²) in [4.78, 5) is 47.0. The first kappa shape index (κ1) is 44.1. The van der Waals surface area contributed by atoms with Crippen LogP contribution in [0.4, 0.5) is 9.59 Å². The molecule has 0 spiro atoms. The third-order valence-corrected chi connectivity index (χ3v) is 6.88. The van der Waals surface area contributed by atoms with Crippen LogP contribution in [0.1, 0.15) is 0 Å². The Labute approximate surface area is 325 Å². The fraction of sp³-hybridized carbons (Fsp3) is 0.350. The van der Waals surface area contributed by atoms with Crippen molar-refractivity contribution in [1.29, 1.82) is 0 Å². The summed E-state index contributed by atoms with van der Waals surface area (Å²) in [6, 6.07) is 25.1. The average molecular weight is 781 g/mol. The highest BCUT2D eigenvalue weighted by atomic mass is 16.6. The molecule has 3 aromatic rings. The van der Waals surface area contributed by atoms with Crippen molar-refractivity contribution in [3.63, 3.8) is 0 Å². The summed E-state index contributed by atoms with van der Waals surface area (Å²) in [5.41, 5.74) is 0. The van der Waals surface area contributed by atoms with E-state index in [9.17, 15) is 19.2 Å². The molecule has 16 heteroatoms. The summed E-state index contributed by atoms with van der Waals surface area (Å²) in [6.07, 6.45) is -0.885. The Balaban J connectivity index is 1.37. The second-order valence-corrected chi connectivity index (χ2v) is 11.2. The number of hydrogen-bond acceptors (Lipinski definition) is 14. The predicted octanol–water partition coefficient (Wildman–Crippen LogP) is 4.28. The summed E-state index contributed by atoms with van der Waals surface area (Å²) in [7, 11) is 0. The van der Waals surface area contributed by atoms with Crippen LogP contribution in [0.3, 0.4) is 0 Å². The van der Waals surface area contributed by atoms with Crippen molar-refractivity contribution in [2.75, 3.05) is 79.2 Å². The lowest BCUT2D eigenvalue weighted by Crippen LogP contribution is -2.36. The van der Waals surface area contributed by atoms with Crippen molar-refractivity contribution in [3.8, 4) is 23.0 Å². The first-order chi connectivity index (χ1) is 27.3. The maximum Gasteiger partial charge on any atom is 0.407 e. The van der Waals surface area contributed by atoms with Gasteiger partial charge in [-0.3, -0.25) is 0 Å². The summed E-state index contributed by atoms with van der Waals surface area (Å²) in [5, 5.41) is 5.02. The minimum Gasteiger partial charge on any atom is -0.491 e. The Kier molecular flexibility index (Phi) is 21.6. The van der Waals surface area contributed by atoms with Gasteiger partial charge in [0.1, 0.15) is 62.6 Å². The second kappa shape index (κ2) is 27.3. The van der Waals surface area contributed by atoms with Crippen molar-refractivity contribution in [1.82, 2.24) is 10.6 Å². The van der Waals surface area contributed by atoms with Gasteiger partial charge in [0, 0.05) is 18.2 Å². The number of esters is 2. The molecular formula is C40H48N2O14. The van der Waals surface area contributed by atoms with E-state index in [1.165, 1.54) is 0 Å². The molecule has 2 N–H and O–H groups in total. The molecule has 2 unspecified atom stereocenters. The van der Waals surface area contributed by atoms with Gasteiger partial charge in [0.2, 0.25) is 0 Å². The zero-order valence-corrected chi connectivity index (χ0v) is 31.0. The molecule has 16 nitrogen and oxygen atoms in total. The number of hydrogen-bond donors (Lipinski definition) is 2. The lowest BCUT2D eigenvalue weighted by Gasteiger charge is -2.19. The standard InChI is InChI=1S/C40H48N2O14/c1-3-37(43)51-20-18-41-39(45)55-35(29-53-31-12-7-5-8-13-31)27-47-22-24-49-33-16-11-17-34(26-33)50-25-23-48-28-36(30-54-32-14-9-6-10-15-32)56-40(46)42-19-21-52-38(44)4-2/h3-17,26,35-36H,1-2,18-25,27-30H2,(H,41,45)(H,42,46). The van der Waals surface area contributed by atoms with Crippen LogP contribution in [-0.2, 0) is 38.0 Å². The summed E-state index contributed by atoms with van der Waals surface area (Å²) in [5.74, 6) is 1.10. The summed E-state index contributed by atoms with van der Waals surface area (Å²) >= 11 is 0. The van der Waals surface area contributed by atoms with Crippen molar-refractivity contribution in [2.45, 2.75) is 12.2 Å². The van der Waals surface area contributed by atoms with E-state index in [1.807, 2.05) is 36.4 Å². The van der Waals surface area contributed by atoms with Gasteiger partial charge in [-0.2, -0.15) is 0 Å². The van der Waals surface area contributed by atoms with Crippen molar-refractivity contribution >= 4 is 24.1 Å². The number of rotatable bonds is 28. The Hall–Kier alpha value is -6.26. The molecule has 0 heterocycles. The van der Waals surface area contributed by atoms with Gasteiger partial charge < -0.3 is 58.0 Å². The van der Waals surface area contributed by atoms with Gasteiger partial charge in [0.15, 0.2) is 12.2 Å². The average Bonchev–Trinajstić information content (AvgIpc) is 3.22. The topological polar surface area (TPSA) is 185 Å². The number of ether oxygens (including phenoxy) is 10. The largest absolute Gasteiger partial charge is 0.491 e. The van der Waals surface area contributed by atoms with E-state index >= 15 is 0 Å². The second-order valence-electron chi connectivity index (χ2n) is 11.2. The molecule has 3 aromatic carbocycles. The fourth-order valence-electron chi connectivity index (χ4n) is 4.28. The molecule has 3 rings (SSSR count). The molecule has 56 heavy (non-hydrogen) atoms. The Morgan fingerprint density at radius 1 is 0.500 bits per heavy atom. The minimum atomic E-state index is -0.749. The van der Waals surface area contributed by atoms with Crippen molar-refractivity contribution in [2.24, 2.45) is 0 Å². The molecule has 0 fully saturated rings. The normalized spacial score (nSPS) is 11.4. The molecule has 0 aliphatic carbocycles. The predicted molar refractivity (Wildman–Crippen MR) is 202 cm³/mol. The molecule has 0 aromatic heterocycles. The van der Waals surface area contributed by atoms with E-state index in [-0.39, 0.29) is 79.2 Å². The molecule has 2 amide bonds. The van der Waals surface area contributed by atoms with E-state index in [0.717, 1.165) is 12.2 Å². The Morgan fingerprint density at radius 2 is 0.911 bits per heavy atom. The zero-order valence-electron chi connectivity index (χ0n) is 31.0. The maximum atomic E-state index is 12.3. The first-order valence-electron chi connectivity index (χ1n) is 17.7. The van der Waals surface area contributed by atoms with Crippen LogP contribution in [0.5, 0.6) is 23.0 Å². The van der Waals surface area contributed by atoms with Crippen LogP contribution in [0.2, 0.25) is 0 Å². The number of carbonyl (C=O) groups excluding carboxylic acids is 4. The molecule has 302 valence electrons. The van der Waals surface area contributed by atoms with E-state index in [1.54, 1.807) is 48.5 Å². The highest BCUT2D eigenvalue weighted by Gasteiger charge is 2.18. The quantitative estimate of drug-likeness (QED) is 0.0461. The molecule has 0 radical (unpaired) electrons. The molecule has 0 saturated carbocycles. The van der Waals surface area contributed by atoms with Crippen LogP contribution in [0, 0.1) is 0 Å². The number of benzene rings is 3. The van der Waals surface area contributed by atoms with Crippen LogP contribution < -0.4 is 29.6 Å². The van der Waals surface area contributed by atoms with Crippen molar-refractivity contribution < 1.29 is 66.5 Å². The third-order valence-electron chi connectivity index (χ3n) is 6.88. The van der Waals surface area contributed by atoms with Gasteiger partial charge in [-0.1, -0.05) is 55.6 Å². The van der Waals surface area contributed by atoms with Crippen LogP contribution in [0.15, 0.2) is 110 Å². The maximum absolute atomic E-state index is 12.3. The van der Waals surface area contributed by atoms with Crippen LogP contribution in [-0.4, -0.2) is 115 Å². The van der Waals surface area contributed by atoms with Gasteiger partial charge in [-0.15, -0.1) is 0 Å². The molecule has 0 bridgehead atoms. The number of alkyl carbamates (subject to hydrolysis) is 2. The number of nitrogens with one attached hydrogen (secondary N) is 2. The van der Waals surface area contributed by atoms with Gasteiger partial charge >= 0.3 is 24.1 Å². The van der Waals surface area contributed by atoms with Gasteiger partial charge in [0.25, 0.3) is 0 Å². The van der Waals surface area contributed by atoms with Crippen LogP contribution in [0.25, 0.3) is 0 Å². The van der Waals surface area contributed by atoms with Gasteiger partial charge in [0.05, 0.1) is 39.5 Å². The first-order valence-corrected chi connectivity index (χ1v) is 17.7. The summed E-state index contributed by atoms with van der Waals surface area (Å²) < 4.78 is 55.1. The van der Waals surface area contributed by atoms with E-state index in [2.05, 4.69) is 23.8 Å². The van der Waals surface area contributed by atoms with Gasteiger partial charge in [-0.05, 0) is 36.4 Å². The molecule has 0 aliphatic rings. The molecule has 2 atom stereocenters. The zero-order chi connectivity index (χ0) is 40.1. The molecule has 0 aliphatic heterocycles. The number of carbonyl (C=O) groups is 4. The monoisotopic (exact) mass is 780 g/mol. The summed E-state index contributed by atoms with van der Waals surface area (Å²) in [6.45, 7) is 7.53.